The molecule has 2 aromatic carbocycles. The van der Waals surface area contributed by atoms with Gasteiger partial charge in [-0.2, -0.15) is 13.3 Å². The van der Waals surface area contributed by atoms with Gasteiger partial charge in [-0.05, 0) is 42.5 Å². The van der Waals surface area contributed by atoms with E-state index in [9.17, 15) is 13.9 Å². The van der Waals surface area contributed by atoms with Crippen LogP contribution in [0.3, 0.4) is 0 Å². The van der Waals surface area contributed by atoms with Crippen molar-refractivity contribution in [3.05, 3.63) is 90.3 Å². The molecule has 0 radical (unpaired) electrons. The van der Waals surface area contributed by atoms with E-state index >= 15 is 0 Å². The molecule has 0 saturated heterocycles. The summed E-state index contributed by atoms with van der Waals surface area (Å²) in [5.74, 6) is -0.375. The minimum atomic E-state index is -2.93. The summed E-state index contributed by atoms with van der Waals surface area (Å²) in [5, 5.41) is 16.3. The topological polar surface area (TPSA) is 48.2 Å². The van der Waals surface area contributed by atoms with Crippen LogP contribution < -0.4 is 19.7 Å². The van der Waals surface area contributed by atoms with Crippen LogP contribution in [0.5, 0.6) is 5.75 Å². The standard InChI is InChI=1S/C22H18F2N2O2S/c1-15-5-9-17(10-6-15)25-21(29)19(26-13-3-2-4-14-26)20(27)16-7-11-18(12-8-16)28-22(23)24/h2-14,22H,1H3,(H-,25,27,29). The largest absolute Gasteiger partial charge is 0.867 e. The highest BCUT2D eigenvalue weighted by molar-refractivity contribution is 7.81. The van der Waals surface area contributed by atoms with Gasteiger partial charge in [0.1, 0.15) is 5.75 Å². The van der Waals surface area contributed by atoms with Gasteiger partial charge in [-0.3, -0.25) is 0 Å². The maximum absolute atomic E-state index is 13.2. The summed E-state index contributed by atoms with van der Waals surface area (Å²) in [6.07, 6.45) is 3.43. The van der Waals surface area contributed by atoms with Crippen LogP contribution in [0, 0.1) is 6.92 Å². The molecule has 4 nitrogen and oxygen atoms in total. The zero-order valence-electron chi connectivity index (χ0n) is 15.5. The van der Waals surface area contributed by atoms with E-state index in [1.807, 2.05) is 37.3 Å². The molecule has 0 bridgehead atoms. The molecule has 0 aliphatic rings. The molecule has 1 aromatic heterocycles. The van der Waals surface area contributed by atoms with Crippen LogP contribution in [0.25, 0.3) is 11.5 Å². The Kier molecular flexibility index (Phi) is 6.51. The van der Waals surface area contributed by atoms with Crippen LogP contribution >= 0.6 is 12.2 Å². The summed E-state index contributed by atoms with van der Waals surface area (Å²) in [6, 6.07) is 18.5. The average molecular weight is 412 g/mol. The number of rotatable bonds is 6. The first-order chi connectivity index (χ1) is 13.9. The Balaban J connectivity index is 1.98. The monoisotopic (exact) mass is 412 g/mol. The predicted molar refractivity (Wildman–Crippen MR) is 110 cm³/mol. The van der Waals surface area contributed by atoms with Crippen molar-refractivity contribution in [1.29, 1.82) is 0 Å². The Morgan fingerprint density at radius 1 is 1.00 bits per heavy atom. The Labute approximate surface area is 172 Å². The van der Waals surface area contributed by atoms with Crippen molar-refractivity contribution >= 4 is 34.3 Å². The molecule has 0 atom stereocenters. The van der Waals surface area contributed by atoms with Crippen LogP contribution in [0.4, 0.5) is 14.5 Å². The zero-order chi connectivity index (χ0) is 20.8. The van der Waals surface area contributed by atoms with E-state index < -0.39 is 6.61 Å². The maximum atomic E-state index is 13.2. The van der Waals surface area contributed by atoms with Crippen molar-refractivity contribution in [3.8, 4) is 5.75 Å². The molecule has 3 rings (SSSR count). The molecule has 0 unspecified atom stereocenters. The van der Waals surface area contributed by atoms with Gasteiger partial charge in [0.15, 0.2) is 17.4 Å². The van der Waals surface area contributed by atoms with Gasteiger partial charge in [-0.25, -0.2) is 0 Å². The van der Waals surface area contributed by atoms with Crippen molar-refractivity contribution in [1.82, 2.24) is 0 Å². The fourth-order valence-electron chi connectivity index (χ4n) is 2.64. The lowest BCUT2D eigenvalue weighted by Gasteiger charge is -2.17. The summed E-state index contributed by atoms with van der Waals surface area (Å²) in [5.41, 5.74) is 2.39. The molecule has 3 aromatic rings. The van der Waals surface area contributed by atoms with E-state index in [1.165, 1.54) is 24.3 Å². The Morgan fingerprint density at radius 3 is 2.21 bits per heavy atom. The molecule has 0 aliphatic carbocycles. The first-order valence-corrected chi connectivity index (χ1v) is 9.16. The predicted octanol–water partition coefficient (Wildman–Crippen LogP) is 4.01. The number of nitrogens with zero attached hydrogens (tertiary/aromatic N) is 1. The Bertz CT molecular complexity index is 1010. The number of benzene rings is 2. The lowest BCUT2D eigenvalue weighted by molar-refractivity contribution is -0.577. The van der Waals surface area contributed by atoms with Crippen molar-refractivity contribution in [2.75, 3.05) is 5.32 Å². The number of hydrogen-bond acceptors (Lipinski definition) is 3. The maximum Gasteiger partial charge on any atom is 0.387 e. The second-order valence-electron chi connectivity index (χ2n) is 6.18. The number of thiocarbonyl (C=S) groups is 1. The Hall–Kier alpha value is -3.32. The summed E-state index contributed by atoms with van der Waals surface area (Å²) in [4.78, 5) is 0.239. The first kappa shape index (κ1) is 20.4. The summed E-state index contributed by atoms with van der Waals surface area (Å²) in [7, 11) is 0. The molecule has 0 fully saturated rings. The number of nitrogens with one attached hydrogen (secondary N) is 1. The number of pyridine rings is 1. The third-order valence-electron chi connectivity index (χ3n) is 4.06. The summed E-state index contributed by atoms with van der Waals surface area (Å²) >= 11 is 5.52. The molecule has 1 N–H and O–H groups in total. The van der Waals surface area contributed by atoms with E-state index in [2.05, 4.69) is 10.1 Å². The smallest absolute Gasteiger partial charge is 0.387 e. The zero-order valence-corrected chi connectivity index (χ0v) is 16.3. The highest BCUT2D eigenvalue weighted by atomic mass is 32.1. The van der Waals surface area contributed by atoms with Crippen molar-refractivity contribution in [2.45, 2.75) is 13.5 Å². The molecule has 29 heavy (non-hydrogen) atoms. The number of halogens is 2. The molecular formula is C22H18F2N2O2S. The lowest BCUT2D eigenvalue weighted by atomic mass is 10.1. The fraction of sp³-hybridized carbons (Fsp3) is 0.0909. The van der Waals surface area contributed by atoms with Crippen molar-refractivity contribution < 1.29 is 23.2 Å². The first-order valence-electron chi connectivity index (χ1n) is 8.75. The average Bonchev–Trinajstić information content (AvgIpc) is 2.71. The molecule has 0 spiro atoms. The molecule has 7 heteroatoms. The van der Waals surface area contributed by atoms with Gasteiger partial charge < -0.3 is 15.2 Å². The highest BCUT2D eigenvalue weighted by Crippen LogP contribution is 2.21. The number of hydrogen-bond donors (Lipinski definition) is 1. The molecule has 148 valence electrons. The number of aromatic nitrogens is 1. The van der Waals surface area contributed by atoms with E-state index in [4.69, 9.17) is 12.2 Å². The number of alkyl halides is 2. The molecule has 0 amide bonds. The number of ether oxygens (including phenoxy) is 1. The van der Waals surface area contributed by atoms with Gasteiger partial charge >= 0.3 is 6.61 Å². The van der Waals surface area contributed by atoms with E-state index in [0.717, 1.165) is 11.3 Å². The van der Waals surface area contributed by atoms with E-state index in [-0.39, 0.29) is 22.2 Å². The highest BCUT2D eigenvalue weighted by Gasteiger charge is 2.18. The second kappa shape index (κ2) is 9.25. The minimum absolute atomic E-state index is 0.0224. The molecular weight excluding hydrogens is 394 g/mol. The van der Waals surface area contributed by atoms with Gasteiger partial charge in [0.05, 0.1) is 0 Å². The van der Waals surface area contributed by atoms with Crippen LogP contribution in [0.2, 0.25) is 0 Å². The van der Waals surface area contributed by atoms with Gasteiger partial charge in [0.2, 0.25) is 5.70 Å². The van der Waals surface area contributed by atoms with Crippen LogP contribution in [-0.4, -0.2) is 11.6 Å². The Morgan fingerprint density at radius 2 is 1.62 bits per heavy atom. The third kappa shape index (κ3) is 5.36. The quantitative estimate of drug-likeness (QED) is 0.288. The normalized spacial score (nSPS) is 11.7. The third-order valence-corrected chi connectivity index (χ3v) is 4.35. The number of aryl methyl sites for hydroxylation is 1. The molecule has 0 saturated carbocycles. The molecule has 1 heterocycles. The van der Waals surface area contributed by atoms with Gasteiger partial charge in [0.25, 0.3) is 0 Å². The van der Waals surface area contributed by atoms with Crippen LogP contribution in [0.1, 0.15) is 11.1 Å². The second-order valence-corrected chi connectivity index (χ2v) is 6.59. The molecule has 0 aliphatic heterocycles. The van der Waals surface area contributed by atoms with Crippen molar-refractivity contribution in [2.24, 2.45) is 0 Å². The summed E-state index contributed by atoms with van der Waals surface area (Å²) in [6.45, 7) is -0.949. The van der Waals surface area contributed by atoms with Crippen molar-refractivity contribution in [3.63, 3.8) is 0 Å². The number of anilines is 1. The minimum Gasteiger partial charge on any atom is -0.867 e. The van der Waals surface area contributed by atoms with E-state index in [0.29, 0.717) is 5.56 Å². The van der Waals surface area contributed by atoms with Gasteiger partial charge in [0, 0.05) is 17.8 Å². The summed E-state index contributed by atoms with van der Waals surface area (Å²) < 4.78 is 30.6. The fourth-order valence-corrected chi connectivity index (χ4v) is 2.95. The van der Waals surface area contributed by atoms with Gasteiger partial charge in [-0.15, -0.1) is 0 Å². The van der Waals surface area contributed by atoms with Crippen LogP contribution in [0.15, 0.2) is 79.1 Å². The van der Waals surface area contributed by atoms with E-state index in [1.54, 1.807) is 29.1 Å². The van der Waals surface area contributed by atoms with Gasteiger partial charge in [-0.1, -0.05) is 48.1 Å². The SMILES string of the molecule is Cc1ccc(NC(=S)C(=C([O-])c2ccc(OC(F)F)cc2)[n+]2ccccc2)cc1. The van der Waals surface area contributed by atoms with Crippen LogP contribution in [-0.2, 0) is 0 Å². The lowest BCUT2D eigenvalue weighted by Crippen LogP contribution is -2.39.